The fourth-order valence-electron chi connectivity index (χ4n) is 4.28. The minimum atomic E-state index is -0.250. The predicted molar refractivity (Wildman–Crippen MR) is 105 cm³/mol. The number of carbonyl (C=O) groups excluding carboxylic acids is 2. The highest BCUT2D eigenvalue weighted by Crippen LogP contribution is 2.28. The Kier molecular flexibility index (Phi) is 7.82. The molecule has 156 valence electrons. The highest BCUT2D eigenvalue weighted by molar-refractivity contribution is 5.91. The second-order valence-corrected chi connectivity index (χ2v) is 8.01. The van der Waals surface area contributed by atoms with Crippen molar-refractivity contribution in [2.45, 2.75) is 63.8 Å². The van der Waals surface area contributed by atoms with Crippen molar-refractivity contribution in [1.82, 2.24) is 25.2 Å². The molecule has 0 radical (unpaired) electrons. The van der Waals surface area contributed by atoms with Crippen molar-refractivity contribution < 1.29 is 14.3 Å². The molecule has 1 aliphatic carbocycles. The Morgan fingerprint density at radius 2 is 2.04 bits per heavy atom. The molecular formula is C20H33N5O3. The largest absolute Gasteiger partial charge is 0.383 e. The van der Waals surface area contributed by atoms with E-state index in [-0.39, 0.29) is 17.9 Å². The van der Waals surface area contributed by atoms with Crippen LogP contribution < -0.4 is 5.32 Å². The third-order valence-corrected chi connectivity index (χ3v) is 5.95. The van der Waals surface area contributed by atoms with Crippen LogP contribution in [0.5, 0.6) is 0 Å². The van der Waals surface area contributed by atoms with Crippen LogP contribution in [0.2, 0.25) is 0 Å². The molecule has 0 unspecified atom stereocenters. The van der Waals surface area contributed by atoms with Crippen LogP contribution in [0.15, 0.2) is 6.20 Å². The highest BCUT2D eigenvalue weighted by atomic mass is 16.5. The molecule has 0 spiro atoms. The van der Waals surface area contributed by atoms with E-state index in [2.05, 4.69) is 15.6 Å². The van der Waals surface area contributed by atoms with Gasteiger partial charge < -0.3 is 15.0 Å². The molecule has 1 aliphatic heterocycles. The maximum atomic E-state index is 12.7. The predicted octanol–water partition coefficient (Wildman–Crippen LogP) is 2.18. The standard InChI is InChI=1S/C20H33N5O3/c1-28-13-11-21-20(27)18-15-25(23-22-18)17-8-5-12-24(14-17)19(26)10-9-16-6-3-2-4-7-16/h15-17H,2-14H2,1H3,(H,21,27)/t17-/m0/s1. The quantitative estimate of drug-likeness (QED) is 0.686. The number of hydrogen-bond acceptors (Lipinski definition) is 5. The second-order valence-electron chi connectivity index (χ2n) is 8.01. The SMILES string of the molecule is COCCNC(=O)c1cn([C@H]2CCCN(C(=O)CCC3CCCCC3)C2)nn1. The summed E-state index contributed by atoms with van der Waals surface area (Å²) in [5.41, 5.74) is 0.303. The smallest absolute Gasteiger partial charge is 0.273 e. The number of rotatable bonds is 8. The minimum absolute atomic E-state index is 0.0837. The van der Waals surface area contributed by atoms with Gasteiger partial charge in [0.2, 0.25) is 5.91 Å². The van der Waals surface area contributed by atoms with Crippen molar-refractivity contribution in [3.05, 3.63) is 11.9 Å². The zero-order valence-electron chi connectivity index (χ0n) is 16.9. The van der Waals surface area contributed by atoms with Crippen molar-refractivity contribution in [2.75, 3.05) is 33.4 Å². The molecule has 3 rings (SSSR count). The molecule has 1 aromatic rings. The van der Waals surface area contributed by atoms with Gasteiger partial charge in [0.25, 0.3) is 5.91 Å². The van der Waals surface area contributed by atoms with E-state index in [1.165, 1.54) is 32.1 Å². The van der Waals surface area contributed by atoms with Gasteiger partial charge in [-0.15, -0.1) is 5.10 Å². The number of aromatic nitrogens is 3. The summed E-state index contributed by atoms with van der Waals surface area (Å²) in [7, 11) is 1.59. The first kappa shape index (κ1) is 20.8. The number of ether oxygens (including phenoxy) is 1. The molecule has 1 atom stereocenters. The van der Waals surface area contributed by atoms with Crippen LogP contribution >= 0.6 is 0 Å². The molecule has 2 fully saturated rings. The molecule has 8 nitrogen and oxygen atoms in total. The van der Waals surface area contributed by atoms with Gasteiger partial charge in [0.05, 0.1) is 18.8 Å². The molecule has 1 N–H and O–H groups in total. The molecule has 2 amide bonds. The zero-order chi connectivity index (χ0) is 19.8. The molecule has 8 heteroatoms. The summed E-state index contributed by atoms with van der Waals surface area (Å²) >= 11 is 0. The van der Waals surface area contributed by atoms with Crippen LogP contribution in [0.1, 0.15) is 74.3 Å². The molecular weight excluding hydrogens is 358 g/mol. The van der Waals surface area contributed by atoms with Crippen LogP contribution in [-0.2, 0) is 9.53 Å². The number of nitrogens with zero attached hydrogens (tertiary/aromatic N) is 4. The first-order valence-corrected chi connectivity index (χ1v) is 10.6. The Hall–Kier alpha value is -1.96. The Labute approximate surface area is 167 Å². The lowest BCUT2D eigenvalue weighted by Crippen LogP contribution is -2.41. The summed E-state index contributed by atoms with van der Waals surface area (Å²) in [4.78, 5) is 26.7. The average molecular weight is 392 g/mol. The number of nitrogens with one attached hydrogen (secondary N) is 1. The van der Waals surface area contributed by atoms with Gasteiger partial charge in [0, 0.05) is 33.2 Å². The van der Waals surface area contributed by atoms with E-state index in [0.717, 1.165) is 31.7 Å². The maximum absolute atomic E-state index is 12.7. The Balaban J connectivity index is 1.48. The Morgan fingerprint density at radius 1 is 1.21 bits per heavy atom. The van der Waals surface area contributed by atoms with Gasteiger partial charge in [0.15, 0.2) is 5.69 Å². The summed E-state index contributed by atoms with van der Waals surface area (Å²) < 4.78 is 6.67. The Morgan fingerprint density at radius 3 is 2.82 bits per heavy atom. The molecule has 0 bridgehead atoms. The summed E-state index contributed by atoms with van der Waals surface area (Å²) in [5, 5.41) is 10.9. The number of carbonyl (C=O) groups is 2. The van der Waals surface area contributed by atoms with Crippen LogP contribution in [0.25, 0.3) is 0 Å². The summed E-state index contributed by atoms with van der Waals surface area (Å²) in [6.45, 7) is 2.37. The third kappa shape index (κ3) is 5.77. The van der Waals surface area contributed by atoms with E-state index in [0.29, 0.717) is 31.8 Å². The first-order valence-electron chi connectivity index (χ1n) is 10.6. The number of hydrogen-bond donors (Lipinski definition) is 1. The first-order chi connectivity index (χ1) is 13.7. The third-order valence-electron chi connectivity index (χ3n) is 5.95. The van der Waals surface area contributed by atoms with Gasteiger partial charge >= 0.3 is 0 Å². The summed E-state index contributed by atoms with van der Waals surface area (Å²) in [5.74, 6) is 0.736. The van der Waals surface area contributed by atoms with Crippen molar-refractivity contribution in [1.29, 1.82) is 0 Å². The Bertz CT molecular complexity index is 642. The number of methoxy groups -OCH3 is 1. The van der Waals surface area contributed by atoms with Crippen LogP contribution in [0.4, 0.5) is 0 Å². The van der Waals surface area contributed by atoms with E-state index < -0.39 is 0 Å². The van der Waals surface area contributed by atoms with Crippen LogP contribution in [0, 0.1) is 5.92 Å². The molecule has 2 aliphatic rings. The average Bonchev–Trinajstić information content (AvgIpc) is 3.23. The second kappa shape index (κ2) is 10.5. The van der Waals surface area contributed by atoms with Crippen LogP contribution in [-0.4, -0.2) is 65.1 Å². The number of amides is 2. The molecule has 1 saturated carbocycles. The van der Waals surface area contributed by atoms with E-state index in [4.69, 9.17) is 4.74 Å². The maximum Gasteiger partial charge on any atom is 0.273 e. The number of piperidine rings is 1. The van der Waals surface area contributed by atoms with Gasteiger partial charge in [-0.25, -0.2) is 4.68 Å². The van der Waals surface area contributed by atoms with Gasteiger partial charge in [-0.3, -0.25) is 9.59 Å². The van der Waals surface area contributed by atoms with Gasteiger partial charge in [-0.1, -0.05) is 37.3 Å². The molecule has 0 aromatic carbocycles. The lowest BCUT2D eigenvalue weighted by atomic mass is 9.86. The van der Waals surface area contributed by atoms with Gasteiger partial charge in [-0.2, -0.15) is 0 Å². The van der Waals surface area contributed by atoms with Crippen molar-refractivity contribution in [3.63, 3.8) is 0 Å². The van der Waals surface area contributed by atoms with Crippen molar-refractivity contribution >= 4 is 11.8 Å². The zero-order valence-corrected chi connectivity index (χ0v) is 16.9. The summed E-state index contributed by atoms with van der Waals surface area (Å²) in [6, 6.07) is 0.0837. The fourth-order valence-corrected chi connectivity index (χ4v) is 4.28. The summed E-state index contributed by atoms with van der Waals surface area (Å²) in [6.07, 6.45) is 11.8. The highest BCUT2D eigenvalue weighted by Gasteiger charge is 2.26. The van der Waals surface area contributed by atoms with E-state index >= 15 is 0 Å². The van der Waals surface area contributed by atoms with Crippen molar-refractivity contribution in [3.8, 4) is 0 Å². The molecule has 1 saturated heterocycles. The van der Waals surface area contributed by atoms with Crippen molar-refractivity contribution in [2.24, 2.45) is 5.92 Å². The van der Waals surface area contributed by atoms with Gasteiger partial charge in [0.1, 0.15) is 0 Å². The van der Waals surface area contributed by atoms with E-state index in [1.807, 2.05) is 4.90 Å². The minimum Gasteiger partial charge on any atom is -0.383 e. The number of likely N-dealkylation sites (tertiary alicyclic amines) is 1. The topological polar surface area (TPSA) is 89.4 Å². The van der Waals surface area contributed by atoms with E-state index in [9.17, 15) is 9.59 Å². The fraction of sp³-hybridized carbons (Fsp3) is 0.800. The van der Waals surface area contributed by atoms with Crippen LogP contribution in [0.3, 0.4) is 0 Å². The van der Waals surface area contributed by atoms with E-state index in [1.54, 1.807) is 18.0 Å². The van der Waals surface area contributed by atoms with Gasteiger partial charge in [-0.05, 0) is 25.2 Å². The molecule has 2 heterocycles. The monoisotopic (exact) mass is 391 g/mol. The molecule has 1 aromatic heterocycles. The molecule has 28 heavy (non-hydrogen) atoms. The lowest BCUT2D eigenvalue weighted by Gasteiger charge is -2.33. The normalized spacial score (nSPS) is 20.9. The lowest BCUT2D eigenvalue weighted by molar-refractivity contribution is -0.133.